The van der Waals surface area contributed by atoms with E-state index in [1.165, 1.54) is 4.88 Å². The zero-order valence-corrected chi connectivity index (χ0v) is 16.7. The Bertz CT molecular complexity index is 1110. The third-order valence-corrected chi connectivity index (χ3v) is 8.01. The van der Waals surface area contributed by atoms with Crippen molar-refractivity contribution in [3.8, 4) is 11.5 Å². The number of fused-ring (bicyclic) bond motifs is 2. The smallest absolute Gasteiger partial charge is 0.244 e. The Morgan fingerprint density at radius 1 is 0.964 bits per heavy atom. The fraction of sp³-hybridized carbons (Fsp3) is 0.238. The van der Waals surface area contributed by atoms with Crippen molar-refractivity contribution >= 4 is 21.4 Å². The second-order valence-electron chi connectivity index (χ2n) is 6.78. The van der Waals surface area contributed by atoms with Crippen LogP contribution in [0.2, 0.25) is 0 Å². The van der Waals surface area contributed by atoms with Crippen molar-refractivity contribution in [1.82, 2.24) is 4.31 Å². The predicted molar refractivity (Wildman–Crippen MR) is 108 cm³/mol. The fourth-order valence-electron chi connectivity index (χ4n) is 3.85. The normalized spacial score (nSPS) is 19.2. The summed E-state index contributed by atoms with van der Waals surface area (Å²) in [5.74, 6) is 1.07. The lowest BCUT2D eigenvalue weighted by Crippen LogP contribution is -2.40. The van der Waals surface area contributed by atoms with Crippen LogP contribution in [-0.2, 0) is 16.4 Å². The molecule has 1 atom stereocenters. The first kappa shape index (κ1) is 17.7. The van der Waals surface area contributed by atoms with E-state index in [2.05, 4.69) is 0 Å². The molecule has 2 aromatic carbocycles. The van der Waals surface area contributed by atoms with Gasteiger partial charge in [0.25, 0.3) is 0 Å². The number of sulfonamides is 1. The van der Waals surface area contributed by atoms with Crippen LogP contribution in [0.5, 0.6) is 11.5 Å². The summed E-state index contributed by atoms with van der Waals surface area (Å²) in [6.45, 7) is 1.34. The summed E-state index contributed by atoms with van der Waals surface area (Å²) in [5.41, 5.74) is 2.05. The van der Waals surface area contributed by atoms with Gasteiger partial charge >= 0.3 is 0 Å². The average Bonchev–Trinajstić information content (AvgIpc) is 3.22. The number of thiophene rings is 1. The highest BCUT2D eigenvalue weighted by Crippen LogP contribution is 2.41. The van der Waals surface area contributed by atoms with E-state index >= 15 is 0 Å². The van der Waals surface area contributed by atoms with Crippen molar-refractivity contribution in [2.45, 2.75) is 17.4 Å². The van der Waals surface area contributed by atoms with Crippen LogP contribution < -0.4 is 9.47 Å². The van der Waals surface area contributed by atoms with Gasteiger partial charge in [-0.3, -0.25) is 0 Å². The second-order valence-corrected chi connectivity index (χ2v) is 9.67. The van der Waals surface area contributed by atoms with Gasteiger partial charge in [-0.1, -0.05) is 30.3 Å². The molecule has 5 nitrogen and oxygen atoms in total. The number of ether oxygens (including phenoxy) is 2. The largest absolute Gasteiger partial charge is 0.486 e. The molecule has 1 aromatic heterocycles. The van der Waals surface area contributed by atoms with E-state index in [0.29, 0.717) is 31.3 Å². The van der Waals surface area contributed by atoms with Gasteiger partial charge in [-0.25, -0.2) is 8.42 Å². The lowest BCUT2D eigenvalue weighted by atomic mass is 9.95. The van der Waals surface area contributed by atoms with Crippen molar-refractivity contribution in [1.29, 1.82) is 0 Å². The third kappa shape index (κ3) is 2.90. The Hall–Kier alpha value is -2.35. The Morgan fingerprint density at radius 3 is 2.57 bits per heavy atom. The first-order valence-electron chi connectivity index (χ1n) is 9.17. The molecule has 0 bridgehead atoms. The van der Waals surface area contributed by atoms with Gasteiger partial charge in [0.1, 0.15) is 13.2 Å². The van der Waals surface area contributed by atoms with Gasteiger partial charge in [0.05, 0.1) is 10.9 Å². The standard InChI is InChI=1S/C21H19NO4S2/c23-28(24,16-6-7-18-19(14-16)26-12-11-25-18)22-10-8-20-17(9-13-27-20)21(22)15-4-2-1-3-5-15/h1-7,9,13-14,21H,8,10-12H2/t21-/m1/s1. The number of rotatable bonds is 3. The molecule has 7 heteroatoms. The van der Waals surface area contributed by atoms with E-state index in [4.69, 9.17) is 9.47 Å². The Kier molecular flexibility index (Phi) is 4.38. The SMILES string of the molecule is O=S(=O)(c1ccc2c(c1)OCCO2)N1CCc2sccc2[C@H]1c1ccccc1. The molecule has 0 amide bonds. The first-order chi connectivity index (χ1) is 13.6. The van der Waals surface area contributed by atoms with E-state index in [1.807, 2.05) is 41.8 Å². The molecule has 0 saturated heterocycles. The zero-order valence-electron chi connectivity index (χ0n) is 15.1. The minimum Gasteiger partial charge on any atom is -0.486 e. The number of benzene rings is 2. The van der Waals surface area contributed by atoms with Crippen LogP contribution in [0.15, 0.2) is 64.9 Å². The topological polar surface area (TPSA) is 55.8 Å². The number of hydrogen-bond donors (Lipinski definition) is 0. The predicted octanol–water partition coefficient (Wildman–Crippen LogP) is 3.86. The molecular formula is C21H19NO4S2. The van der Waals surface area contributed by atoms with Crippen molar-refractivity contribution in [3.05, 3.63) is 76.0 Å². The summed E-state index contributed by atoms with van der Waals surface area (Å²) in [4.78, 5) is 1.49. The summed E-state index contributed by atoms with van der Waals surface area (Å²) < 4.78 is 40.0. The van der Waals surface area contributed by atoms with Crippen molar-refractivity contribution in [2.24, 2.45) is 0 Å². The average molecular weight is 414 g/mol. The first-order valence-corrected chi connectivity index (χ1v) is 11.5. The molecule has 2 aliphatic rings. The van der Waals surface area contributed by atoms with Crippen LogP contribution in [0.1, 0.15) is 22.0 Å². The minimum atomic E-state index is -3.71. The van der Waals surface area contributed by atoms with Gasteiger partial charge < -0.3 is 9.47 Å². The quantitative estimate of drug-likeness (QED) is 0.654. The van der Waals surface area contributed by atoms with E-state index < -0.39 is 10.0 Å². The van der Waals surface area contributed by atoms with E-state index in [1.54, 1.807) is 33.8 Å². The molecule has 0 saturated carbocycles. The van der Waals surface area contributed by atoms with Gasteiger partial charge in [0.2, 0.25) is 10.0 Å². The van der Waals surface area contributed by atoms with Crippen molar-refractivity contribution in [2.75, 3.05) is 19.8 Å². The van der Waals surface area contributed by atoms with Gasteiger partial charge in [-0.15, -0.1) is 11.3 Å². The van der Waals surface area contributed by atoms with E-state index in [0.717, 1.165) is 17.5 Å². The highest BCUT2D eigenvalue weighted by Gasteiger charge is 2.38. The van der Waals surface area contributed by atoms with Gasteiger partial charge in [0, 0.05) is 17.5 Å². The second kappa shape index (κ2) is 6.92. The van der Waals surface area contributed by atoms with Crippen LogP contribution >= 0.6 is 11.3 Å². The Balaban J connectivity index is 1.60. The summed E-state index contributed by atoms with van der Waals surface area (Å²) >= 11 is 1.69. The summed E-state index contributed by atoms with van der Waals surface area (Å²) in [5, 5.41) is 2.04. The van der Waals surface area contributed by atoms with Gasteiger partial charge in [-0.05, 0) is 41.1 Å². The lowest BCUT2D eigenvalue weighted by molar-refractivity contribution is 0.171. The Labute approximate surface area is 168 Å². The lowest BCUT2D eigenvalue weighted by Gasteiger charge is -2.35. The highest BCUT2D eigenvalue weighted by molar-refractivity contribution is 7.89. The summed E-state index contributed by atoms with van der Waals surface area (Å²) in [7, 11) is -3.71. The maximum absolute atomic E-state index is 13.6. The third-order valence-electron chi connectivity index (χ3n) is 5.16. The maximum atomic E-state index is 13.6. The van der Waals surface area contributed by atoms with Crippen LogP contribution in [0.3, 0.4) is 0 Å². The van der Waals surface area contributed by atoms with Crippen LogP contribution in [0.25, 0.3) is 0 Å². The number of hydrogen-bond acceptors (Lipinski definition) is 5. The molecule has 0 N–H and O–H groups in total. The highest BCUT2D eigenvalue weighted by atomic mass is 32.2. The molecule has 0 unspecified atom stereocenters. The summed E-state index contributed by atoms with van der Waals surface area (Å²) in [6, 6.07) is 16.4. The molecule has 144 valence electrons. The molecule has 0 aliphatic carbocycles. The molecule has 2 aliphatic heterocycles. The van der Waals surface area contributed by atoms with Gasteiger partial charge in [0.15, 0.2) is 11.5 Å². The van der Waals surface area contributed by atoms with Crippen molar-refractivity contribution < 1.29 is 17.9 Å². The zero-order chi connectivity index (χ0) is 19.1. The monoisotopic (exact) mass is 413 g/mol. The van der Waals surface area contributed by atoms with E-state index in [-0.39, 0.29) is 10.9 Å². The van der Waals surface area contributed by atoms with E-state index in [9.17, 15) is 8.42 Å². The minimum absolute atomic E-state index is 0.233. The van der Waals surface area contributed by atoms with Crippen molar-refractivity contribution in [3.63, 3.8) is 0 Å². The fourth-order valence-corrected chi connectivity index (χ4v) is 6.37. The van der Waals surface area contributed by atoms with Crippen LogP contribution in [0, 0.1) is 0 Å². The molecule has 0 radical (unpaired) electrons. The molecular weight excluding hydrogens is 394 g/mol. The number of nitrogens with zero attached hydrogens (tertiary/aromatic N) is 1. The van der Waals surface area contributed by atoms with Crippen LogP contribution in [-0.4, -0.2) is 32.5 Å². The molecule has 0 fully saturated rings. The Morgan fingerprint density at radius 2 is 1.75 bits per heavy atom. The molecule has 28 heavy (non-hydrogen) atoms. The molecule has 3 heterocycles. The van der Waals surface area contributed by atoms with Gasteiger partial charge in [-0.2, -0.15) is 4.31 Å². The molecule has 0 spiro atoms. The molecule has 5 rings (SSSR count). The molecule has 3 aromatic rings. The summed E-state index contributed by atoms with van der Waals surface area (Å²) in [6.07, 6.45) is 0.722. The maximum Gasteiger partial charge on any atom is 0.244 e. The van der Waals surface area contributed by atoms with Crippen LogP contribution in [0.4, 0.5) is 0 Å².